The molecule has 2 unspecified atom stereocenters. The van der Waals surface area contributed by atoms with Gasteiger partial charge in [-0.25, -0.2) is 0 Å². The highest BCUT2D eigenvalue weighted by molar-refractivity contribution is 5.87. The molecule has 2 fully saturated rings. The summed E-state index contributed by atoms with van der Waals surface area (Å²) in [5.74, 6) is -0.262. The molecule has 0 saturated heterocycles. The van der Waals surface area contributed by atoms with Crippen molar-refractivity contribution >= 4 is 5.78 Å². The Hall–Kier alpha value is -2.13. The first-order valence-electron chi connectivity index (χ1n) is 6.13. The van der Waals surface area contributed by atoms with Gasteiger partial charge in [0, 0.05) is 18.3 Å². The summed E-state index contributed by atoms with van der Waals surface area (Å²) in [6.45, 7) is 0. The molecule has 2 saturated carbocycles. The van der Waals surface area contributed by atoms with Crippen LogP contribution in [0.3, 0.4) is 0 Å². The van der Waals surface area contributed by atoms with Gasteiger partial charge in [-0.3, -0.25) is 4.79 Å². The Morgan fingerprint density at radius 3 is 2.44 bits per heavy atom. The molecule has 88 valence electrons. The van der Waals surface area contributed by atoms with Gasteiger partial charge in [0.2, 0.25) is 0 Å². The zero-order valence-electron chi connectivity index (χ0n) is 9.84. The monoisotopic (exact) mass is 236 g/mol. The van der Waals surface area contributed by atoms with Crippen molar-refractivity contribution in [2.75, 3.05) is 0 Å². The molecule has 3 nitrogen and oxygen atoms in total. The van der Waals surface area contributed by atoms with Crippen LogP contribution in [0.5, 0.6) is 0 Å². The fourth-order valence-electron chi connectivity index (χ4n) is 3.66. The number of nitrogens with zero attached hydrogens (tertiary/aromatic N) is 2. The van der Waals surface area contributed by atoms with Crippen LogP contribution in [-0.4, -0.2) is 5.78 Å². The van der Waals surface area contributed by atoms with Gasteiger partial charge in [-0.1, -0.05) is 30.3 Å². The van der Waals surface area contributed by atoms with Gasteiger partial charge in [0.05, 0.1) is 12.1 Å². The van der Waals surface area contributed by atoms with Crippen molar-refractivity contribution < 1.29 is 4.79 Å². The molecule has 0 N–H and O–H groups in total. The SMILES string of the molecule is N#CC1(C#N)C2CC(=O)C(C2)[C@@H]1c1ccccc1. The van der Waals surface area contributed by atoms with Crippen molar-refractivity contribution in [3.63, 3.8) is 0 Å². The summed E-state index contributed by atoms with van der Waals surface area (Å²) in [5, 5.41) is 18.9. The first-order valence-corrected chi connectivity index (χ1v) is 6.13. The minimum Gasteiger partial charge on any atom is -0.299 e. The van der Waals surface area contributed by atoms with E-state index in [-0.39, 0.29) is 23.5 Å². The Balaban J connectivity index is 2.14. The molecule has 3 heteroatoms. The van der Waals surface area contributed by atoms with E-state index in [1.807, 2.05) is 30.3 Å². The molecule has 0 radical (unpaired) electrons. The van der Waals surface area contributed by atoms with Crippen LogP contribution in [-0.2, 0) is 4.79 Å². The lowest BCUT2D eigenvalue weighted by atomic mass is 9.65. The van der Waals surface area contributed by atoms with E-state index < -0.39 is 5.41 Å². The lowest BCUT2D eigenvalue weighted by molar-refractivity contribution is -0.123. The number of rotatable bonds is 1. The molecule has 2 aliphatic rings. The molecule has 3 atom stereocenters. The Morgan fingerprint density at radius 2 is 1.83 bits per heavy atom. The molecular weight excluding hydrogens is 224 g/mol. The molecule has 1 aromatic rings. The zero-order valence-corrected chi connectivity index (χ0v) is 9.84. The largest absolute Gasteiger partial charge is 0.299 e. The highest BCUT2D eigenvalue weighted by atomic mass is 16.1. The third-order valence-corrected chi connectivity index (χ3v) is 4.47. The summed E-state index contributed by atoms with van der Waals surface area (Å²) >= 11 is 0. The first kappa shape index (κ1) is 11.0. The quantitative estimate of drug-likeness (QED) is 0.752. The molecule has 0 aliphatic heterocycles. The number of ketones is 1. The molecule has 2 bridgehead atoms. The number of hydrogen-bond donors (Lipinski definition) is 0. The van der Waals surface area contributed by atoms with E-state index >= 15 is 0 Å². The second kappa shape index (κ2) is 3.68. The van der Waals surface area contributed by atoms with Crippen LogP contribution >= 0.6 is 0 Å². The molecule has 0 aromatic heterocycles. The molecule has 0 amide bonds. The van der Waals surface area contributed by atoms with Gasteiger partial charge < -0.3 is 0 Å². The second-order valence-corrected chi connectivity index (χ2v) is 5.19. The van der Waals surface area contributed by atoms with Gasteiger partial charge in [0.25, 0.3) is 0 Å². The highest BCUT2D eigenvalue weighted by Gasteiger charge is 2.63. The Bertz CT molecular complexity index is 565. The molecule has 18 heavy (non-hydrogen) atoms. The minimum absolute atomic E-state index is 0.0878. The maximum Gasteiger partial charge on any atom is 0.154 e. The van der Waals surface area contributed by atoms with Crippen LogP contribution < -0.4 is 0 Å². The van der Waals surface area contributed by atoms with E-state index in [0.717, 1.165) is 5.56 Å². The summed E-state index contributed by atoms with van der Waals surface area (Å²) in [7, 11) is 0. The predicted octanol–water partition coefficient (Wildman–Crippen LogP) is 2.41. The molecular formula is C15H12N2O. The third-order valence-electron chi connectivity index (χ3n) is 4.47. The topological polar surface area (TPSA) is 64.7 Å². The Labute approximate surface area is 106 Å². The molecule has 0 heterocycles. The summed E-state index contributed by atoms with van der Waals surface area (Å²) in [4.78, 5) is 11.9. The number of carbonyl (C=O) groups excluding carboxylic acids is 1. The Kier molecular flexibility index (Phi) is 2.25. The fraction of sp³-hybridized carbons (Fsp3) is 0.400. The molecule has 0 spiro atoms. The molecule has 3 rings (SSSR count). The first-order chi connectivity index (χ1) is 8.73. The van der Waals surface area contributed by atoms with Crippen LogP contribution in [0, 0.1) is 39.9 Å². The van der Waals surface area contributed by atoms with Crippen LogP contribution in [0.4, 0.5) is 0 Å². The molecule has 1 aromatic carbocycles. The lowest BCUT2D eigenvalue weighted by Crippen LogP contribution is -2.35. The minimum atomic E-state index is -1.01. The number of carbonyl (C=O) groups is 1. The van der Waals surface area contributed by atoms with E-state index in [0.29, 0.717) is 12.8 Å². The van der Waals surface area contributed by atoms with Crippen molar-refractivity contribution in [3.05, 3.63) is 35.9 Å². The van der Waals surface area contributed by atoms with E-state index in [4.69, 9.17) is 0 Å². The van der Waals surface area contributed by atoms with Gasteiger partial charge in [-0.2, -0.15) is 10.5 Å². The van der Waals surface area contributed by atoms with Crippen LogP contribution in [0.25, 0.3) is 0 Å². The van der Waals surface area contributed by atoms with Gasteiger partial charge in [-0.05, 0) is 17.9 Å². The predicted molar refractivity (Wildman–Crippen MR) is 64.1 cm³/mol. The van der Waals surface area contributed by atoms with E-state index in [1.54, 1.807) is 0 Å². The Morgan fingerprint density at radius 1 is 1.17 bits per heavy atom. The average Bonchev–Trinajstić information content (AvgIpc) is 2.94. The van der Waals surface area contributed by atoms with Crippen LogP contribution in [0.1, 0.15) is 24.3 Å². The van der Waals surface area contributed by atoms with Gasteiger partial charge >= 0.3 is 0 Å². The smallest absolute Gasteiger partial charge is 0.154 e. The van der Waals surface area contributed by atoms with E-state index in [2.05, 4.69) is 12.1 Å². The van der Waals surface area contributed by atoms with E-state index in [9.17, 15) is 15.3 Å². The van der Waals surface area contributed by atoms with Crippen LogP contribution in [0.15, 0.2) is 30.3 Å². The zero-order chi connectivity index (χ0) is 12.8. The number of hydrogen-bond acceptors (Lipinski definition) is 3. The van der Waals surface area contributed by atoms with E-state index in [1.165, 1.54) is 0 Å². The van der Waals surface area contributed by atoms with Crippen LogP contribution in [0.2, 0.25) is 0 Å². The highest BCUT2D eigenvalue weighted by Crippen LogP contribution is 2.61. The van der Waals surface area contributed by atoms with Crippen molar-refractivity contribution in [1.82, 2.24) is 0 Å². The van der Waals surface area contributed by atoms with Gasteiger partial charge in [0.15, 0.2) is 5.41 Å². The van der Waals surface area contributed by atoms with Gasteiger partial charge in [0.1, 0.15) is 5.78 Å². The summed E-state index contributed by atoms with van der Waals surface area (Å²) in [5.41, 5.74) is -0.0684. The lowest BCUT2D eigenvalue weighted by Gasteiger charge is -2.32. The summed E-state index contributed by atoms with van der Waals surface area (Å²) in [6, 6.07) is 14.0. The fourth-order valence-corrected chi connectivity index (χ4v) is 3.66. The maximum atomic E-state index is 11.9. The average molecular weight is 236 g/mol. The summed E-state index contributed by atoms with van der Waals surface area (Å²) in [6.07, 6.45) is 1.09. The van der Waals surface area contributed by atoms with Crippen molar-refractivity contribution in [1.29, 1.82) is 10.5 Å². The molecule has 2 aliphatic carbocycles. The number of Topliss-reactive ketones (excluding diaryl/α,β-unsaturated/α-hetero) is 1. The number of fused-ring (bicyclic) bond motifs is 2. The van der Waals surface area contributed by atoms with Gasteiger partial charge in [-0.15, -0.1) is 0 Å². The van der Waals surface area contributed by atoms with Crippen molar-refractivity contribution in [2.24, 2.45) is 17.3 Å². The standard InChI is InChI=1S/C15H12N2O/c16-8-15(9-17)11-6-12(13(18)7-11)14(15)10-4-2-1-3-5-10/h1-5,11-12,14H,6-7H2/t11?,12?,14-/m0/s1. The number of benzene rings is 1. The maximum absolute atomic E-state index is 11.9. The van der Waals surface area contributed by atoms with Crippen molar-refractivity contribution in [3.8, 4) is 12.1 Å². The van der Waals surface area contributed by atoms with Crippen molar-refractivity contribution in [2.45, 2.75) is 18.8 Å². The second-order valence-electron chi connectivity index (χ2n) is 5.19. The summed E-state index contributed by atoms with van der Waals surface area (Å²) < 4.78 is 0. The normalized spacial score (nSPS) is 31.9. The number of nitriles is 2. The third kappa shape index (κ3) is 1.19.